The molecule has 4 aromatic rings. The number of ether oxygens (including phenoxy) is 1. The van der Waals surface area contributed by atoms with Crippen LogP contribution in [0.15, 0.2) is 65.6 Å². The molecule has 0 spiro atoms. The first kappa shape index (κ1) is 20.0. The Morgan fingerprint density at radius 3 is 2.50 bits per heavy atom. The van der Waals surface area contributed by atoms with Crippen LogP contribution in [-0.4, -0.2) is 21.6 Å². The monoisotopic (exact) mass is 401 g/mol. The van der Waals surface area contributed by atoms with E-state index in [0.717, 1.165) is 46.7 Å². The number of fused-ring (bicyclic) bond motifs is 1. The van der Waals surface area contributed by atoms with Gasteiger partial charge in [-0.05, 0) is 66.3 Å². The van der Waals surface area contributed by atoms with Gasteiger partial charge >= 0.3 is 0 Å². The number of aryl methyl sites for hydroxylation is 1. The second-order valence-electron chi connectivity index (χ2n) is 8.82. The van der Waals surface area contributed by atoms with Gasteiger partial charge in [0, 0.05) is 23.5 Å². The number of aromatic nitrogens is 3. The fraction of sp³-hybridized carbons (Fsp3) is 0.280. The predicted molar refractivity (Wildman–Crippen MR) is 121 cm³/mol. The van der Waals surface area contributed by atoms with Crippen LogP contribution in [0, 0.1) is 5.41 Å². The average Bonchev–Trinajstić information content (AvgIpc) is 3.15. The van der Waals surface area contributed by atoms with E-state index in [-0.39, 0.29) is 5.56 Å². The largest absolute Gasteiger partial charge is 0.497 e. The summed E-state index contributed by atoms with van der Waals surface area (Å²) in [5, 5.41) is 0. The zero-order chi connectivity index (χ0) is 21.3. The second kappa shape index (κ2) is 7.82. The summed E-state index contributed by atoms with van der Waals surface area (Å²) >= 11 is 0. The topological polar surface area (TPSA) is 59.9 Å². The van der Waals surface area contributed by atoms with Crippen LogP contribution in [0.4, 0.5) is 0 Å². The fourth-order valence-corrected chi connectivity index (χ4v) is 3.44. The molecule has 0 aliphatic carbocycles. The van der Waals surface area contributed by atoms with Gasteiger partial charge in [-0.15, -0.1) is 0 Å². The predicted octanol–water partition coefficient (Wildman–Crippen LogP) is 5.37. The number of methoxy groups -OCH3 is 1. The zero-order valence-electron chi connectivity index (χ0n) is 17.9. The van der Waals surface area contributed by atoms with Crippen molar-refractivity contribution in [3.05, 3.63) is 76.7 Å². The molecule has 0 bridgehead atoms. The van der Waals surface area contributed by atoms with Crippen molar-refractivity contribution in [1.82, 2.24) is 14.5 Å². The van der Waals surface area contributed by atoms with E-state index in [1.54, 1.807) is 23.8 Å². The molecule has 0 atom stereocenters. The van der Waals surface area contributed by atoms with Gasteiger partial charge in [0.1, 0.15) is 11.6 Å². The molecular weight excluding hydrogens is 374 g/mol. The summed E-state index contributed by atoms with van der Waals surface area (Å²) < 4.78 is 6.83. The number of pyridine rings is 1. The standard InChI is InChI=1S/C25H27N3O2/c1-25(2,3)14-13-17-5-11-21-22(15-17)27-24(26-21)18-6-12-23(29)28(16-18)19-7-9-20(30-4)10-8-19/h5-12,15-16H,13-14H2,1-4H3,(H,26,27). The Hall–Kier alpha value is -3.34. The number of H-pyrrole nitrogens is 1. The van der Waals surface area contributed by atoms with Gasteiger partial charge in [-0.25, -0.2) is 4.98 Å². The highest BCUT2D eigenvalue weighted by Gasteiger charge is 2.12. The lowest BCUT2D eigenvalue weighted by molar-refractivity contribution is 0.378. The van der Waals surface area contributed by atoms with Crippen LogP contribution in [0.5, 0.6) is 5.75 Å². The smallest absolute Gasteiger partial charge is 0.255 e. The highest BCUT2D eigenvalue weighted by Crippen LogP contribution is 2.25. The van der Waals surface area contributed by atoms with E-state index in [1.165, 1.54) is 5.56 Å². The molecule has 0 unspecified atom stereocenters. The van der Waals surface area contributed by atoms with E-state index in [4.69, 9.17) is 9.72 Å². The van der Waals surface area contributed by atoms with Crippen molar-refractivity contribution in [3.63, 3.8) is 0 Å². The maximum atomic E-state index is 12.4. The molecule has 154 valence electrons. The van der Waals surface area contributed by atoms with Crippen molar-refractivity contribution in [2.24, 2.45) is 5.41 Å². The van der Waals surface area contributed by atoms with Gasteiger partial charge in [0.2, 0.25) is 0 Å². The van der Waals surface area contributed by atoms with Crippen molar-refractivity contribution < 1.29 is 4.74 Å². The van der Waals surface area contributed by atoms with Gasteiger partial charge in [0.05, 0.1) is 18.1 Å². The van der Waals surface area contributed by atoms with Crippen LogP contribution in [0.3, 0.4) is 0 Å². The molecule has 0 saturated carbocycles. The number of benzene rings is 2. The zero-order valence-corrected chi connectivity index (χ0v) is 17.9. The normalized spacial score (nSPS) is 11.7. The Kier molecular flexibility index (Phi) is 5.20. The molecule has 5 nitrogen and oxygen atoms in total. The lowest BCUT2D eigenvalue weighted by atomic mass is 9.89. The Morgan fingerprint density at radius 2 is 1.80 bits per heavy atom. The second-order valence-corrected chi connectivity index (χ2v) is 8.82. The Balaban J connectivity index is 1.67. The summed E-state index contributed by atoms with van der Waals surface area (Å²) in [5.41, 5.74) is 5.09. The molecule has 30 heavy (non-hydrogen) atoms. The minimum atomic E-state index is -0.0931. The van der Waals surface area contributed by atoms with Crippen LogP contribution in [-0.2, 0) is 6.42 Å². The third-order valence-corrected chi connectivity index (χ3v) is 5.25. The highest BCUT2D eigenvalue weighted by molar-refractivity contribution is 5.80. The molecule has 0 fully saturated rings. The summed E-state index contributed by atoms with van der Waals surface area (Å²) in [6.07, 6.45) is 3.99. The van der Waals surface area contributed by atoms with Crippen molar-refractivity contribution in [1.29, 1.82) is 0 Å². The lowest BCUT2D eigenvalue weighted by Gasteiger charge is -2.17. The quantitative estimate of drug-likeness (QED) is 0.489. The first-order valence-corrected chi connectivity index (χ1v) is 10.2. The summed E-state index contributed by atoms with van der Waals surface area (Å²) in [6.45, 7) is 6.78. The first-order chi connectivity index (χ1) is 14.3. The molecule has 2 aromatic heterocycles. The van der Waals surface area contributed by atoms with Gasteiger partial charge in [-0.3, -0.25) is 9.36 Å². The van der Waals surface area contributed by atoms with Crippen LogP contribution < -0.4 is 10.3 Å². The maximum Gasteiger partial charge on any atom is 0.255 e. The van der Waals surface area contributed by atoms with Gasteiger partial charge < -0.3 is 9.72 Å². The van der Waals surface area contributed by atoms with Crippen molar-refractivity contribution in [2.75, 3.05) is 7.11 Å². The fourth-order valence-electron chi connectivity index (χ4n) is 3.44. The van der Waals surface area contributed by atoms with E-state index in [0.29, 0.717) is 5.41 Å². The number of imidazole rings is 1. The van der Waals surface area contributed by atoms with Crippen molar-refractivity contribution in [2.45, 2.75) is 33.6 Å². The number of nitrogens with one attached hydrogen (secondary N) is 1. The van der Waals surface area contributed by atoms with Crippen LogP contribution in [0.2, 0.25) is 0 Å². The van der Waals surface area contributed by atoms with Gasteiger partial charge in [0.25, 0.3) is 5.56 Å². The number of hydrogen-bond acceptors (Lipinski definition) is 3. The van der Waals surface area contributed by atoms with Crippen LogP contribution >= 0.6 is 0 Å². The summed E-state index contributed by atoms with van der Waals surface area (Å²) in [6, 6.07) is 17.2. The molecular formula is C25H27N3O2. The van der Waals surface area contributed by atoms with Crippen molar-refractivity contribution in [3.8, 4) is 22.8 Å². The molecule has 0 radical (unpaired) electrons. The van der Waals surface area contributed by atoms with Crippen LogP contribution in [0.1, 0.15) is 32.8 Å². The molecule has 5 heteroatoms. The molecule has 0 amide bonds. The third kappa shape index (κ3) is 4.30. The van der Waals surface area contributed by atoms with Gasteiger partial charge in [0.15, 0.2) is 0 Å². The average molecular weight is 402 g/mol. The molecule has 4 rings (SSSR count). The number of aromatic amines is 1. The van der Waals surface area contributed by atoms with E-state index < -0.39 is 0 Å². The minimum absolute atomic E-state index is 0.0931. The third-order valence-electron chi connectivity index (χ3n) is 5.25. The number of rotatable bonds is 5. The minimum Gasteiger partial charge on any atom is -0.497 e. The summed E-state index contributed by atoms with van der Waals surface area (Å²) in [5.74, 6) is 1.50. The summed E-state index contributed by atoms with van der Waals surface area (Å²) in [4.78, 5) is 20.6. The molecule has 1 N–H and O–H groups in total. The van der Waals surface area contributed by atoms with Crippen LogP contribution in [0.25, 0.3) is 28.1 Å². The molecule has 0 aliphatic heterocycles. The van der Waals surface area contributed by atoms with Crippen molar-refractivity contribution >= 4 is 11.0 Å². The Labute approximate surface area is 176 Å². The van der Waals surface area contributed by atoms with Gasteiger partial charge in [-0.1, -0.05) is 26.8 Å². The molecule has 2 aromatic carbocycles. The molecule has 0 aliphatic rings. The molecule has 2 heterocycles. The molecule has 0 saturated heterocycles. The highest BCUT2D eigenvalue weighted by atomic mass is 16.5. The summed E-state index contributed by atoms with van der Waals surface area (Å²) in [7, 11) is 1.62. The van der Waals surface area contributed by atoms with E-state index in [1.807, 2.05) is 30.5 Å². The Morgan fingerprint density at radius 1 is 1.03 bits per heavy atom. The van der Waals surface area contributed by atoms with E-state index >= 15 is 0 Å². The Bertz CT molecular complexity index is 1230. The number of nitrogens with zero attached hydrogens (tertiary/aromatic N) is 2. The maximum absolute atomic E-state index is 12.4. The number of hydrogen-bond donors (Lipinski definition) is 1. The van der Waals surface area contributed by atoms with Gasteiger partial charge in [-0.2, -0.15) is 0 Å². The lowest BCUT2D eigenvalue weighted by Crippen LogP contribution is -2.16. The SMILES string of the molecule is COc1ccc(-n2cc(-c3nc4ccc(CCC(C)(C)C)cc4[nH]3)ccc2=O)cc1. The first-order valence-electron chi connectivity index (χ1n) is 10.2. The van der Waals surface area contributed by atoms with E-state index in [2.05, 4.69) is 44.0 Å². The van der Waals surface area contributed by atoms with E-state index in [9.17, 15) is 4.79 Å².